The van der Waals surface area contributed by atoms with Gasteiger partial charge in [-0.05, 0) is 47.9 Å². The molecule has 3 aromatic carbocycles. The summed E-state index contributed by atoms with van der Waals surface area (Å²) in [4.78, 5) is 18.3. The number of nitrogens with zero attached hydrogens (tertiary/aromatic N) is 3. The summed E-state index contributed by atoms with van der Waals surface area (Å²) in [6.07, 6.45) is 4.50. The van der Waals surface area contributed by atoms with Crippen LogP contribution in [0.25, 0.3) is 32.6 Å². The second kappa shape index (κ2) is 7.50. The maximum Gasteiger partial charge on any atom is 0.250 e. The van der Waals surface area contributed by atoms with Gasteiger partial charge in [0.2, 0.25) is 15.9 Å². The number of hydrogen-bond acceptors (Lipinski definition) is 4. The van der Waals surface area contributed by atoms with E-state index in [9.17, 15) is 13.2 Å². The Kier molecular flexibility index (Phi) is 4.57. The number of hydrogen-bond donors (Lipinski definition) is 0. The molecule has 0 radical (unpaired) electrons. The van der Waals surface area contributed by atoms with Gasteiger partial charge in [0.05, 0.1) is 22.1 Å². The zero-order chi connectivity index (χ0) is 22.6. The fourth-order valence-corrected chi connectivity index (χ4v) is 6.63. The molecule has 1 aliphatic heterocycles. The van der Waals surface area contributed by atoms with Crippen LogP contribution in [0.3, 0.4) is 0 Å². The topological polar surface area (TPSA) is 72.3 Å². The molecule has 7 heteroatoms. The minimum atomic E-state index is -3.84. The molecule has 0 N–H and O–H groups in total. The van der Waals surface area contributed by atoms with Crippen LogP contribution in [0.1, 0.15) is 17.6 Å². The van der Waals surface area contributed by atoms with Crippen LogP contribution < -0.4 is 0 Å². The number of benzene rings is 3. The lowest BCUT2D eigenvalue weighted by molar-refractivity contribution is 0.0843. The van der Waals surface area contributed by atoms with Crippen molar-refractivity contribution in [3.8, 4) is 0 Å². The zero-order valence-corrected chi connectivity index (χ0v) is 18.6. The van der Waals surface area contributed by atoms with Crippen molar-refractivity contribution in [2.24, 2.45) is 0 Å². The first-order valence-electron chi connectivity index (χ1n) is 10.9. The monoisotopic (exact) mass is 455 g/mol. The molecule has 5 aromatic rings. The SMILES string of the molecule is O=C([C@@H]1CCCN1S(=O)(=O)c1ccc2ccccc2c1)n1c2ccccc2c2ccncc21. The summed E-state index contributed by atoms with van der Waals surface area (Å²) in [5, 5.41) is 3.71. The van der Waals surface area contributed by atoms with E-state index in [2.05, 4.69) is 4.98 Å². The van der Waals surface area contributed by atoms with Gasteiger partial charge in [-0.2, -0.15) is 4.31 Å². The van der Waals surface area contributed by atoms with Crippen molar-refractivity contribution in [1.82, 2.24) is 13.9 Å². The molecule has 33 heavy (non-hydrogen) atoms. The second-order valence-electron chi connectivity index (χ2n) is 8.37. The molecule has 1 fully saturated rings. The lowest BCUT2D eigenvalue weighted by Gasteiger charge is -2.24. The highest BCUT2D eigenvalue weighted by Crippen LogP contribution is 2.33. The molecule has 6 rings (SSSR count). The van der Waals surface area contributed by atoms with Gasteiger partial charge in [-0.15, -0.1) is 0 Å². The number of sulfonamides is 1. The van der Waals surface area contributed by atoms with Gasteiger partial charge in [0.15, 0.2) is 0 Å². The molecule has 3 heterocycles. The fraction of sp³-hybridized carbons (Fsp3) is 0.154. The largest absolute Gasteiger partial charge is 0.277 e. The van der Waals surface area contributed by atoms with Gasteiger partial charge in [-0.25, -0.2) is 8.42 Å². The molecule has 1 atom stereocenters. The summed E-state index contributed by atoms with van der Waals surface area (Å²) >= 11 is 0. The lowest BCUT2D eigenvalue weighted by atomic mass is 10.1. The molecule has 0 unspecified atom stereocenters. The smallest absolute Gasteiger partial charge is 0.250 e. The Bertz CT molecular complexity index is 1600. The molecule has 0 aliphatic carbocycles. The minimum Gasteiger partial charge on any atom is -0.277 e. The van der Waals surface area contributed by atoms with Crippen LogP contribution in [0, 0.1) is 0 Å². The van der Waals surface area contributed by atoms with Gasteiger partial charge in [0.25, 0.3) is 0 Å². The maximum atomic E-state index is 13.9. The van der Waals surface area contributed by atoms with Gasteiger partial charge in [-0.1, -0.05) is 48.5 Å². The van der Waals surface area contributed by atoms with Crippen molar-refractivity contribution in [3.63, 3.8) is 0 Å². The van der Waals surface area contributed by atoms with Crippen molar-refractivity contribution in [2.75, 3.05) is 6.54 Å². The first-order chi connectivity index (χ1) is 16.1. The Hall–Kier alpha value is -3.55. The van der Waals surface area contributed by atoms with Crippen LogP contribution in [0.5, 0.6) is 0 Å². The van der Waals surface area contributed by atoms with Crippen LogP contribution in [0.2, 0.25) is 0 Å². The first kappa shape index (κ1) is 20.1. The molecule has 0 bridgehead atoms. The second-order valence-corrected chi connectivity index (χ2v) is 10.3. The molecule has 1 saturated heterocycles. The average Bonchev–Trinajstić information content (AvgIpc) is 3.47. The van der Waals surface area contributed by atoms with Crippen molar-refractivity contribution < 1.29 is 13.2 Å². The Labute approximate surface area is 191 Å². The summed E-state index contributed by atoms with van der Waals surface area (Å²) in [5.41, 5.74) is 1.46. The number of rotatable bonds is 3. The third-order valence-corrected chi connectivity index (χ3v) is 8.42. The van der Waals surface area contributed by atoms with Crippen molar-refractivity contribution >= 4 is 48.5 Å². The molecule has 2 aromatic heterocycles. The third kappa shape index (κ3) is 3.08. The number of carbonyl (C=O) groups excluding carboxylic acids is 1. The van der Waals surface area contributed by atoms with Crippen LogP contribution in [0.4, 0.5) is 0 Å². The number of aromatic nitrogens is 2. The number of para-hydroxylation sites is 1. The van der Waals surface area contributed by atoms with E-state index in [0.717, 1.165) is 27.1 Å². The maximum absolute atomic E-state index is 13.9. The number of fused-ring (bicyclic) bond motifs is 4. The van der Waals surface area contributed by atoms with E-state index >= 15 is 0 Å². The van der Waals surface area contributed by atoms with Crippen LogP contribution in [-0.2, 0) is 10.0 Å². The van der Waals surface area contributed by atoms with Gasteiger partial charge in [0.1, 0.15) is 6.04 Å². The van der Waals surface area contributed by atoms with E-state index in [1.807, 2.05) is 60.7 Å². The van der Waals surface area contributed by atoms with E-state index in [0.29, 0.717) is 24.9 Å². The Morgan fingerprint density at radius 1 is 0.879 bits per heavy atom. The van der Waals surface area contributed by atoms with Crippen LogP contribution >= 0.6 is 0 Å². The predicted octanol–water partition coefficient (Wildman–Crippen LogP) is 4.84. The summed E-state index contributed by atoms with van der Waals surface area (Å²) in [6, 6.07) is 21.6. The first-order valence-corrected chi connectivity index (χ1v) is 12.4. The van der Waals surface area contributed by atoms with Crippen molar-refractivity contribution in [2.45, 2.75) is 23.8 Å². The molecule has 1 aliphatic rings. The van der Waals surface area contributed by atoms with E-state index < -0.39 is 16.1 Å². The predicted molar refractivity (Wildman–Crippen MR) is 129 cm³/mol. The van der Waals surface area contributed by atoms with E-state index in [4.69, 9.17) is 0 Å². The quantitative estimate of drug-likeness (QED) is 0.390. The van der Waals surface area contributed by atoms with Crippen LogP contribution in [0.15, 0.2) is 90.1 Å². The van der Waals surface area contributed by atoms with Crippen LogP contribution in [-0.4, -0.2) is 40.8 Å². The Balaban J connectivity index is 1.45. The van der Waals surface area contributed by atoms with Crippen molar-refractivity contribution in [1.29, 1.82) is 0 Å². The lowest BCUT2D eigenvalue weighted by Crippen LogP contribution is -2.42. The van der Waals surface area contributed by atoms with Gasteiger partial charge >= 0.3 is 0 Å². The average molecular weight is 456 g/mol. The van der Waals surface area contributed by atoms with E-state index in [1.54, 1.807) is 29.1 Å². The van der Waals surface area contributed by atoms with E-state index in [1.165, 1.54) is 4.31 Å². The van der Waals surface area contributed by atoms with Gasteiger partial charge in [-0.3, -0.25) is 14.3 Å². The zero-order valence-electron chi connectivity index (χ0n) is 17.8. The highest BCUT2D eigenvalue weighted by Gasteiger charge is 2.40. The summed E-state index contributed by atoms with van der Waals surface area (Å²) in [5.74, 6) is -0.240. The summed E-state index contributed by atoms with van der Waals surface area (Å²) in [6.45, 7) is 0.320. The van der Waals surface area contributed by atoms with Crippen molar-refractivity contribution in [3.05, 3.63) is 85.2 Å². The number of pyridine rings is 1. The summed E-state index contributed by atoms with van der Waals surface area (Å²) in [7, 11) is -3.84. The van der Waals surface area contributed by atoms with E-state index in [-0.39, 0.29) is 10.8 Å². The molecular formula is C26H21N3O3S. The minimum absolute atomic E-state index is 0.213. The molecule has 0 amide bonds. The fourth-order valence-electron chi connectivity index (χ4n) is 4.94. The Morgan fingerprint density at radius 3 is 2.52 bits per heavy atom. The summed E-state index contributed by atoms with van der Waals surface area (Å²) < 4.78 is 30.3. The molecular weight excluding hydrogens is 434 g/mol. The third-order valence-electron chi connectivity index (χ3n) is 6.51. The van der Waals surface area contributed by atoms with Gasteiger partial charge < -0.3 is 0 Å². The molecule has 0 saturated carbocycles. The highest BCUT2D eigenvalue weighted by molar-refractivity contribution is 7.89. The molecule has 6 nitrogen and oxygen atoms in total. The normalized spacial score (nSPS) is 17.3. The molecule has 0 spiro atoms. The Morgan fingerprint density at radius 2 is 1.64 bits per heavy atom. The van der Waals surface area contributed by atoms with Gasteiger partial charge in [0, 0.05) is 23.5 Å². The highest BCUT2D eigenvalue weighted by atomic mass is 32.2. The number of carbonyl (C=O) groups is 1. The molecule has 164 valence electrons. The standard InChI is InChI=1S/C26H21N3O3S/c30-26(29-23-9-4-3-8-21(23)22-13-14-27-17-25(22)29)24-10-5-15-28(24)33(31,32)20-12-11-18-6-1-2-7-19(18)16-20/h1-4,6-9,11-14,16-17,24H,5,10,15H2/t24-/m0/s1.